The Morgan fingerprint density at radius 3 is 2.79 bits per heavy atom. The molecule has 2 heterocycles. The fourth-order valence-electron chi connectivity index (χ4n) is 2.39. The van der Waals surface area contributed by atoms with Crippen LogP contribution in [-0.2, 0) is 6.54 Å². The second-order valence-corrected chi connectivity index (χ2v) is 4.87. The first kappa shape index (κ1) is 12.2. The van der Waals surface area contributed by atoms with Gasteiger partial charge in [0.15, 0.2) is 11.6 Å². The van der Waals surface area contributed by atoms with E-state index in [2.05, 4.69) is 5.10 Å². The Balaban J connectivity index is 1.78. The monoisotopic (exact) mass is 261 g/mol. The van der Waals surface area contributed by atoms with Crippen molar-refractivity contribution < 1.29 is 9.50 Å². The van der Waals surface area contributed by atoms with E-state index in [0.29, 0.717) is 31.9 Å². The smallest absolute Gasteiger partial charge is 0.186 e. The van der Waals surface area contributed by atoms with Gasteiger partial charge in [-0.3, -0.25) is 4.68 Å². The molecule has 0 spiro atoms. The van der Waals surface area contributed by atoms with Crippen molar-refractivity contribution in [3.05, 3.63) is 47.9 Å². The van der Waals surface area contributed by atoms with Crippen LogP contribution in [0.3, 0.4) is 0 Å². The molecule has 1 N–H and O–H groups in total. The molecule has 3 rings (SSSR count). The largest absolute Gasteiger partial charge is 0.391 e. The number of β-amino-alcohol motifs (C(OH)–C–C–N with tert-alkyl or cyclic N) is 1. The molecule has 100 valence electrons. The number of aromatic nitrogens is 2. The molecule has 1 atom stereocenters. The summed E-state index contributed by atoms with van der Waals surface area (Å²) in [4.78, 5) is 1.79. The molecule has 1 aliphatic rings. The first-order valence-corrected chi connectivity index (χ1v) is 6.42. The van der Waals surface area contributed by atoms with E-state index in [1.807, 2.05) is 30.3 Å². The first-order chi connectivity index (χ1) is 9.22. The number of anilines is 1. The Bertz CT molecular complexity index is 555. The van der Waals surface area contributed by atoms with Crippen LogP contribution in [0.15, 0.2) is 36.5 Å². The summed E-state index contributed by atoms with van der Waals surface area (Å²) >= 11 is 0. The third-order valence-electron chi connectivity index (χ3n) is 3.35. The minimum atomic E-state index is -0.376. The number of halogens is 1. The zero-order chi connectivity index (χ0) is 13.2. The van der Waals surface area contributed by atoms with E-state index in [0.717, 1.165) is 5.56 Å². The van der Waals surface area contributed by atoms with Crippen molar-refractivity contribution in [3.8, 4) is 0 Å². The predicted molar refractivity (Wildman–Crippen MR) is 70.6 cm³/mol. The van der Waals surface area contributed by atoms with E-state index in [1.165, 1.54) is 6.20 Å². The molecular weight excluding hydrogens is 245 g/mol. The second-order valence-electron chi connectivity index (χ2n) is 4.87. The number of rotatable bonds is 3. The quantitative estimate of drug-likeness (QED) is 0.913. The van der Waals surface area contributed by atoms with Crippen LogP contribution in [0.4, 0.5) is 10.2 Å². The zero-order valence-corrected chi connectivity index (χ0v) is 10.5. The zero-order valence-electron chi connectivity index (χ0n) is 10.5. The van der Waals surface area contributed by atoms with Crippen molar-refractivity contribution in [3.63, 3.8) is 0 Å². The Labute approximate surface area is 111 Å². The number of hydrogen-bond donors (Lipinski definition) is 1. The van der Waals surface area contributed by atoms with Gasteiger partial charge in [0.2, 0.25) is 0 Å². The molecule has 0 aliphatic carbocycles. The molecule has 5 heteroatoms. The molecular formula is C14H16FN3O. The summed E-state index contributed by atoms with van der Waals surface area (Å²) in [7, 11) is 0. The summed E-state index contributed by atoms with van der Waals surface area (Å²) < 4.78 is 15.5. The SMILES string of the molecule is OC1CCN(c2nn(Cc3ccccc3)cc2F)C1. The maximum absolute atomic E-state index is 13.9. The number of aliphatic hydroxyl groups excluding tert-OH is 1. The van der Waals surface area contributed by atoms with E-state index in [4.69, 9.17) is 0 Å². The lowest BCUT2D eigenvalue weighted by atomic mass is 10.2. The molecule has 1 fully saturated rings. The minimum Gasteiger partial charge on any atom is -0.391 e. The lowest BCUT2D eigenvalue weighted by Gasteiger charge is -2.13. The Hall–Kier alpha value is -1.88. The van der Waals surface area contributed by atoms with Gasteiger partial charge in [-0.2, -0.15) is 5.10 Å². The Kier molecular flexibility index (Phi) is 3.21. The van der Waals surface area contributed by atoms with Crippen LogP contribution < -0.4 is 4.90 Å². The third kappa shape index (κ3) is 2.61. The van der Waals surface area contributed by atoms with Gasteiger partial charge in [0.05, 0.1) is 18.8 Å². The van der Waals surface area contributed by atoms with Crippen molar-refractivity contribution in [1.82, 2.24) is 9.78 Å². The summed E-state index contributed by atoms with van der Waals surface area (Å²) in [6.07, 6.45) is 1.71. The van der Waals surface area contributed by atoms with Crippen molar-refractivity contribution in [2.75, 3.05) is 18.0 Å². The molecule has 1 aromatic heterocycles. The summed E-state index contributed by atoms with van der Waals surface area (Å²) in [6.45, 7) is 1.66. The van der Waals surface area contributed by atoms with Gasteiger partial charge >= 0.3 is 0 Å². The average Bonchev–Trinajstić information content (AvgIpc) is 2.97. The van der Waals surface area contributed by atoms with E-state index < -0.39 is 0 Å². The Morgan fingerprint density at radius 1 is 1.32 bits per heavy atom. The highest BCUT2D eigenvalue weighted by Gasteiger charge is 2.25. The topological polar surface area (TPSA) is 41.3 Å². The van der Waals surface area contributed by atoms with Crippen LogP contribution >= 0.6 is 0 Å². The molecule has 0 bridgehead atoms. The molecule has 0 saturated carbocycles. The fourth-order valence-corrected chi connectivity index (χ4v) is 2.39. The predicted octanol–water partition coefficient (Wildman–Crippen LogP) is 1.64. The molecule has 1 aliphatic heterocycles. The van der Waals surface area contributed by atoms with Crippen LogP contribution in [-0.4, -0.2) is 34.1 Å². The maximum atomic E-state index is 13.9. The van der Waals surface area contributed by atoms with Crippen molar-refractivity contribution in [2.45, 2.75) is 19.1 Å². The van der Waals surface area contributed by atoms with Crippen LogP contribution in [0.5, 0.6) is 0 Å². The molecule has 1 aromatic carbocycles. The highest BCUT2D eigenvalue weighted by atomic mass is 19.1. The lowest BCUT2D eigenvalue weighted by molar-refractivity contribution is 0.198. The number of aliphatic hydroxyl groups is 1. The molecule has 0 amide bonds. The van der Waals surface area contributed by atoms with Crippen LogP contribution in [0.25, 0.3) is 0 Å². The normalized spacial score (nSPS) is 19.1. The van der Waals surface area contributed by atoms with Crippen LogP contribution in [0, 0.1) is 5.82 Å². The molecule has 4 nitrogen and oxygen atoms in total. The van der Waals surface area contributed by atoms with Gasteiger partial charge in [-0.15, -0.1) is 0 Å². The van der Waals surface area contributed by atoms with Gasteiger partial charge in [0, 0.05) is 13.1 Å². The number of nitrogens with zero attached hydrogens (tertiary/aromatic N) is 3. The molecule has 1 unspecified atom stereocenters. The highest BCUT2D eigenvalue weighted by Crippen LogP contribution is 2.22. The molecule has 1 saturated heterocycles. The number of hydrogen-bond acceptors (Lipinski definition) is 3. The van der Waals surface area contributed by atoms with Gasteiger partial charge in [-0.25, -0.2) is 4.39 Å². The summed E-state index contributed by atoms with van der Waals surface area (Å²) in [6, 6.07) is 9.82. The maximum Gasteiger partial charge on any atom is 0.186 e. The first-order valence-electron chi connectivity index (χ1n) is 6.42. The van der Waals surface area contributed by atoms with Crippen LogP contribution in [0.2, 0.25) is 0 Å². The molecule has 2 aromatic rings. The van der Waals surface area contributed by atoms with Gasteiger partial charge < -0.3 is 10.0 Å². The fraction of sp³-hybridized carbons (Fsp3) is 0.357. The minimum absolute atomic E-state index is 0.329. The van der Waals surface area contributed by atoms with Crippen molar-refractivity contribution >= 4 is 5.82 Å². The van der Waals surface area contributed by atoms with Gasteiger partial charge in [-0.1, -0.05) is 30.3 Å². The standard InChI is InChI=1S/C14H16FN3O/c15-13-10-18(8-11-4-2-1-3-5-11)16-14(13)17-7-6-12(19)9-17/h1-5,10,12,19H,6-9H2. The van der Waals surface area contributed by atoms with E-state index in [-0.39, 0.29) is 11.9 Å². The van der Waals surface area contributed by atoms with Gasteiger partial charge in [0.25, 0.3) is 0 Å². The van der Waals surface area contributed by atoms with E-state index in [9.17, 15) is 9.50 Å². The van der Waals surface area contributed by atoms with E-state index >= 15 is 0 Å². The Morgan fingerprint density at radius 2 is 2.11 bits per heavy atom. The molecule has 0 radical (unpaired) electrons. The highest BCUT2D eigenvalue weighted by molar-refractivity contribution is 5.40. The summed E-state index contributed by atoms with van der Waals surface area (Å²) in [5.74, 6) is 0.0116. The van der Waals surface area contributed by atoms with Crippen molar-refractivity contribution in [1.29, 1.82) is 0 Å². The average molecular weight is 261 g/mol. The lowest BCUT2D eigenvalue weighted by Crippen LogP contribution is -2.22. The van der Waals surface area contributed by atoms with E-state index in [1.54, 1.807) is 9.58 Å². The van der Waals surface area contributed by atoms with Gasteiger partial charge in [0.1, 0.15) is 0 Å². The second kappa shape index (κ2) is 5.01. The summed E-state index contributed by atoms with van der Waals surface area (Å²) in [5.41, 5.74) is 1.08. The van der Waals surface area contributed by atoms with Gasteiger partial charge in [-0.05, 0) is 12.0 Å². The third-order valence-corrected chi connectivity index (χ3v) is 3.35. The number of benzene rings is 1. The van der Waals surface area contributed by atoms with Crippen LogP contribution in [0.1, 0.15) is 12.0 Å². The van der Waals surface area contributed by atoms with Crippen molar-refractivity contribution in [2.24, 2.45) is 0 Å². The summed E-state index contributed by atoms with van der Waals surface area (Å²) in [5, 5.41) is 13.8. The molecule has 19 heavy (non-hydrogen) atoms.